The first kappa shape index (κ1) is 23.0. The maximum atomic E-state index is 13.4. The molecule has 166 valence electrons. The van der Waals surface area contributed by atoms with Crippen LogP contribution in [0.4, 0.5) is 0 Å². The van der Waals surface area contributed by atoms with E-state index in [0.717, 1.165) is 17.5 Å². The molecule has 0 bridgehead atoms. The summed E-state index contributed by atoms with van der Waals surface area (Å²) in [6.45, 7) is 6.11. The van der Waals surface area contributed by atoms with E-state index in [1.54, 1.807) is 6.92 Å². The molecule has 0 unspecified atom stereocenters. The fourth-order valence-corrected chi connectivity index (χ4v) is 4.23. The van der Waals surface area contributed by atoms with E-state index < -0.39 is 23.8 Å². The molecule has 1 saturated heterocycles. The molecule has 0 aliphatic carbocycles. The second kappa shape index (κ2) is 10.1. The zero-order chi connectivity index (χ0) is 22.4. The van der Waals surface area contributed by atoms with Crippen molar-refractivity contribution in [2.75, 3.05) is 13.7 Å². The van der Waals surface area contributed by atoms with Crippen LogP contribution in [0.3, 0.4) is 0 Å². The van der Waals surface area contributed by atoms with E-state index >= 15 is 0 Å². The summed E-state index contributed by atoms with van der Waals surface area (Å²) >= 11 is 0. The van der Waals surface area contributed by atoms with Crippen LogP contribution in [0.5, 0.6) is 0 Å². The Morgan fingerprint density at radius 2 is 1.74 bits per heavy atom. The molecular weight excluding hydrogens is 392 g/mol. The summed E-state index contributed by atoms with van der Waals surface area (Å²) in [4.78, 5) is 27.5. The Morgan fingerprint density at radius 3 is 2.35 bits per heavy atom. The molecule has 6 heteroatoms. The predicted molar refractivity (Wildman–Crippen MR) is 119 cm³/mol. The highest BCUT2D eigenvalue weighted by Gasteiger charge is 2.47. The van der Waals surface area contributed by atoms with Gasteiger partial charge in [0.1, 0.15) is 11.8 Å². The summed E-state index contributed by atoms with van der Waals surface area (Å²) in [7, 11) is 1.32. The van der Waals surface area contributed by atoms with Crippen LogP contribution in [-0.4, -0.2) is 48.3 Å². The van der Waals surface area contributed by atoms with Crippen molar-refractivity contribution in [2.24, 2.45) is 0 Å². The zero-order valence-corrected chi connectivity index (χ0v) is 18.7. The quantitative estimate of drug-likeness (QED) is 0.657. The lowest BCUT2D eigenvalue weighted by Gasteiger charge is -2.39. The molecule has 1 aliphatic heterocycles. The van der Waals surface area contributed by atoms with Gasteiger partial charge in [-0.1, -0.05) is 60.7 Å². The van der Waals surface area contributed by atoms with E-state index in [2.05, 4.69) is 34.5 Å². The zero-order valence-electron chi connectivity index (χ0n) is 18.7. The average Bonchev–Trinajstić information content (AvgIpc) is 3.09. The third kappa shape index (κ3) is 5.51. The Kier molecular flexibility index (Phi) is 7.46. The number of nitrogens with one attached hydrogen (secondary N) is 1. The first-order valence-electron chi connectivity index (χ1n) is 10.7. The lowest BCUT2D eigenvalue weighted by Crippen LogP contribution is -2.56. The van der Waals surface area contributed by atoms with Gasteiger partial charge in [0.25, 0.3) is 0 Å². The highest BCUT2D eigenvalue weighted by Crippen LogP contribution is 2.39. The van der Waals surface area contributed by atoms with Crippen molar-refractivity contribution >= 4 is 11.9 Å². The second-order valence-corrected chi connectivity index (χ2v) is 8.39. The van der Waals surface area contributed by atoms with Crippen LogP contribution >= 0.6 is 0 Å². The van der Waals surface area contributed by atoms with Crippen molar-refractivity contribution in [3.8, 4) is 0 Å². The first-order chi connectivity index (χ1) is 14.8. The van der Waals surface area contributed by atoms with Crippen molar-refractivity contribution in [3.63, 3.8) is 0 Å². The fraction of sp³-hybridized carbons (Fsp3) is 0.440. The first-order valence-corrected chi connectivity index (χ1v) is 10.7. The number of hydrogen-bond acceptors (Lipinski definition) is 5. The van der Waals surface area contributed by atoms with E-state index in [0.29, 0.717) is 13.0 Å². The Bertz CT molecular complexity index is 870. The van der Waals surface area contributed by atoms with Gasteiger partial charge in [-0.15, -0.1) is 0 Å². The Balaban J connectivity index is 1.90. The number of methoxy groups -OCH3 is 1. The molecule has 6 nitrogen and oxygen atoms in total. The van der Waals surface area contributed by atoms with Gasteiger partial charge < -0.3 is 14.8 Å². The highest BCUT2D eigenvalue weighted by molar-refractivity contribution is 5.87. The van der Waals surface area contributed by atoms with Crippen LogP contribution in [0, 0.1) is 0 Å². The SMILES string of the molecule is COC(=O)[C@H](C)NC(=O)[C@H](CCc1ccccc1)N1[C@@H](c2ccccc2)COC1(C)C. The van der Waals surface area contributed by atoms with Crippen LogP contribution in [0.15, 0.2) is 60.7 Å². The number of benzene rings is 2. The highest BCUT2D eigenvalue weighted by atomic mass is 16.5. The molecule has 1 N–H and O–H groups in total. The number of ether oxygens (including phenoxy) is 2. The van der Waals surface area contributed by atoms with Crippen LogP contribution in [-0.2, 0) is 25.5 Å². The van der Waals surface area contributed by atoms with Crippen LogP contribution in [0.25, 0.3) is 0 Å². The summed E-state index contributed by atoms with van der Waals surface area (Å²) in [5.41, 5.74) is 1.63. The van der Waals surface area contributed by atoms with E-state index in [1.807, 2.05) is 50.2 Å². The average molecular weight is 425 g/mol. The smallest absolute Gasteiger partial charge is 0.328 e. The summed E-state index contributed by atoms with van der Waals surface area (Å²) < 4.78 is 10.9. The van der Waals surface area contributed by atoms with Crippen molar-refractivity contribution in [3.05, 3.63) is 71.8 Å². The minimum Gasteiger partial charge on any atom is -0.467 e. The van der Waals surface area contributed by atoms with E-state index in [4.69, 9.17) is 9.47 Å². The topological polar surface area (TPSA) is 67.9 Å². The number of nitrogens with zero attached hydrogens (tertiary/aromatic N) is 1. The second-order valence-electron chi connectivity index (χ2n) is 8.39. The van der Waals surface area contributed by atoms with Gasteiger partial charge >= 0.3 is 5.97 Å². The molecule has 3 atom stereocenters. The molecule has 1 heterocycles. The molecule has 2 aromatic carbocycles. The largest absolute Gasteiger partial charge is 0.467 e. The summed E-state index contributed by atoms with van der Waals surface area (Å²) in [5, 5.41) is 2.84. The number of hydrogen-bond donors (Lipinski definition) is 1. The molecule has 2 aromatic rings. The van der Waals surface area contributed by atoms with Gasteiger partial charge in [0.05, 0.1) is 25.8 Å². The Hall–Kier alpha value is -2.70. The molecule has 3 rings (SSSR count). The minimum absolute atomic E-state index is 0.0591. The molecule has 0 radical (unpaired) electrons. The normalized spacial score (nSPS) is 20.1. The van der Waals surface area contributed by atoms with Crippen LogP contribution in [0.1, 0.15) is 44.4 Å². The molecule has 0 saturated carbocycles. The number of amides is 1. The third-order valence-corrected chi connectivity index (χ3v) is 5.84. The van der Waals surface area contributed by atoms with Gasteiger partial charge in [-0.3, -0.25) is 9.69 Å². The van der Waals surface area contributed by atoms with Gasteiger partial charge in [-0.05, 0) is 44.7 Å². The van der Waals surface area contributed by atoms with E-state index in [9.17, 15) is 9.59 Å². The van der Waals surface area contributed by atoms with Crippen molar-refractivity contribution in [1.29, 1.82) is 0 Å². The van der Waals surface area contributed by atoms with E-state index in [-0.39, 0.29) is 11.9 Å². The van der Waals surface area contributed by atoms with Crippen molar-refractivity contribution < 1.29 is 19.1 Å². The number of carbonyl (C=O) groups excluding carboxylic acids is 2. The standard InChI is InChI=1S/C25H32N2O4/c1-18(24(29)30-4)26-23(28)21(16-15-19-11-7-5-8-12-19)27-22(17-31-25(27,2)3)20-13-9-6-10-14-20/h5-14,18,21-22H,15-17H2,1-4H3,(H,26,28)/t18-,21-,22+/m0/s1. The molecule has 0 spiro atoms. The number of esters is 1. The summed E-state index contributed by atoms with van der Waals surface area (Å²) in [5.74, 6) is -0.667. The molecule has 1 aliphatic rings. The van der Waals surface area contributed by atoms with Gasteiger partial charge in [-0.2, -0.15) is 0 Å². The minimum atomic E-state index is -0.724. The van der Waals surface area contributed by atoms with E-state index in [1.165, 1.54) is 7.11 Å². The molecule has 1 fully saturated rings. The molecule has 1 amide bonds. The molecule has 31 heavy (non-hydrogen) atoms. The summed E-state index contributed by atoms with van der Waals surface area (Å²) in [6, 6.07) is 18.9. The Labute approximate surface area is 184 Å². The van der Waals surface area contributed by atoms with Gasteiger partial charge in [0.2, 0.25) is 5.91 Å². The number of aryl methyl sites for hydroxylation is 1. The van der Waals surface area contributed by atoms with Crippen LogP contribution < -0.4 is 5.32 Å². The van der Waals surface area contributed by atoms with Gasteiger partial charge in [0, 0.05) is 0 Å². The third-order valence-electron chi connectivity index (χ3n) is 5.84. The molecule has 0 aromatic heterocycles. The number of rotatable bonds is 8. The predicted octanol–water partition coefficient (Wildman–Crippen LogP) is 3.48. The van der Waals surface area contributed by atoms with Gasteiger partial charge in [0.15, 0.2) is 0 Å². The van der Waals surface area contributed by atoms with Crippen molar-refractivity contribution in [2.45, 2.75) is 57.5 Å². The lowest BCUT2D eigenvalue weighted by molar-refractivity contribution is -0.147. The molecular formula is C25H32N2O4. The maximum Gasteiger partial charge on any atom is 0.328 e. The monoisotopic (exact) mass is 424 g/mol. The fourth-order valence-electron chi connectivity index (χ4n) is 4.23. The van der Waals surface area contributed by atoms with Gasteiger partial charge in [-0.25, -0.2) is 4.79 Å². The number of carbonyl (C=O) groups is 2. The van der Waals surface area contributed by atoms with Crippen molar-refractivity contribution in [1.82, 2.24) is 10.2 Å². The lowest BCUT2D eigenvalue weighted by atomic mass is 9.97. The maximum absolute atomic E-state index is 13.4. The van der Waals surface area contributed by atoms with Crippen LogP contribution in [0.2, 0.25) is 0 Å². The Morgan fingerprint density at radius 1 is 1.13 bits per heavy atom. The summed E-state index contributed by atoms with van der Waals surface area (Å²) in [6.07, 6.45) is 1.33.